The van der Waals surface area contributed by atoms with Gasteiger partial charge in [0.05, 0.1) is 17.8 Å². The molecule has 0 spiro atoms. The zero-order valence-corrected chi connectivity index (χ0v) is 23.2. The maximum absolute atomic E-state index is 13.9. The van der Waals surface area contributed by atoms with Gasteiger partial charge in [-0.15, -0.1) is 0 Å². The van der Waals surface area contributed by atoms with Crippen molar-refractivity contribution in [2.75, 3.05) is 6.61 Å². The topological polar surface area (TPSA) is 88.9 Å². The summed E-state index contributed by atoms with van der Waals surface area (Å²) in [6.45, 7) is 7.33. The molecule has 2 atom stereocenters. The van der Waals surface area contributed by atoms with Gasteiger partial charge in [-0.05, 0) is 84.5 Å². The molecular formula is C31H36F3NO5. The second-order valence-electron chi connectivity index (χ2n) is 10.2. The van der Waals surface area contributed by atoms with Crippen molar-refractivity contribution >= 4 is 6.47 Å². The lowest BCUT2D eigenvalue weighted by Gasteiger charge is -2.19. The summed E-state index contributed by atoms with van der Waals surface area (Å²) in [6, 6.07) is 12.9. The average molecular weight is 560 g/mol. The number of halogens is 3. The molecule has 6 nitrogen and oxygen atoms in total. The first-order chi connectivity index (χ1) is 19.0. The molecule has 1 aromatic heterocycles. The minimum Gasteiger partial charge on any atom is -0.493 e. The van der Waals surface area contributed by atoms with E-state index in [0.717, 1.165) is 24.0 Å². The lowest BCUT2D eigenvalue weighted by molar-refractivity contribution is -0.137. The van der Waals surface area contributed by atoms with Gasteiger partial charge in [-0.25, -0.2) is 4.98 Å². The van der Waals surface area contributed by atoms with Gasteiger partial charge < -0.3 is 19.7 Å². The average Bonchev–Trinajstić information content (AvgIpc) is 3.58. The molecule has 2 aromatic carbocycles. The van der Waals surface area contributed by atoms with Gasteiger partial charge in [0.25, 0.3) is 6.47 Å². The molecule has 3 aromatic rings. The first-order valence-corrected chi connectivity index (χ1v) is 13.3. The fourth-order valence-electron chi connectivity index (χ4n) is 4.72. The summed E-state index contributed by atoms with van der Waals surface area (Å²) in [7, 11) is 0. The smallest absolute Gasteiger partial charge is 0.417 e. The molecule has 2 aliphatic carbocycles. The fraction of sp³-hybridized carbons (Fsp3) is 0.419. The van der Waals surface area contributed by atoms with E-state index >= 15 is 0 Å². The second-order valence-corrected chi connectivity index (χ2v) is 10.2. The van der Waals surface area contributed by atoms with Crippen LogP contribution >= 0.6 is 0 Å². The summed E-state index contributed by atoms with van der Waals surface area (Å²) >= 11 is 0. The Balaban J connectivity index is 0.000000827. The summed E-state index contributed by atoms with van der Waals surface area (Å²) in [5.41, 5.74) is 2.18. The van der Waals surface area contributed by atoms with E-state index in [4.69, 9.17) is 19.4 Å². The normalized spacial score (nSPS) is 16.8. The standard InChI is InChI=1S/C28H28F3NO3.C2H6.CH2O2/c1-27(2,33)8-9-34-21-6-7-22(25(14-21)28(29,30)31)18-5-3-4-17(10-18)16-35-26-13-20-11-19-12-23(19)24(20)15-32-26;1-2;2-1-3/h3-7,10,13-15,19,23,33H,8-9,11-12,16H2,1-2H3;1-2H3;1H,(H,2,3)/t19-,23?;;/m0../s1. The minimum atomic E-state index is -4.55. The van der Waals surface area contributed by atoms with Crippen LogP contribution in [0.1, 0.15) is 68.7 Å². The zero-order chi connectivity index (χ0) is 29.5. The Bertz CT molecular complexity index is 1290. The van der Waals surface area contributed by atoms with Crippen molar-refractivity contribution in [3.8, 4) is 22.8 Å². The predicted octanol–water partition coefficient (Wildman–Crippen LogP) is 7.27. The van der Waals surface area contributed by atoms with E-state index in [0.29, 0.717) is 23.8 Å². The maximum Gasteiger partial charge on any atom is 0.417 e. The Morgan fingerprint density at radius 2 is 1.80 bits per heavy atom. The molecule has 1 heterocycles. The van der Waals surface area contributed by atoms with Crippen LogP contribution in [0.5, 0.6) is 11.6 Å². The van der Waals surface area contributed by atoms with Crippen molar-refractivity contribution in [1.29, 1.82) is 0 Å². The number of hydrogen-bond donors (Lipinski definition) is 2. The van der Waals surface area contributed by atoms with Crippen molar-refractivity contribution in [2.45, 2.75) is 71.3 Å². The van der Waals surface area contributed by atoms with Crippen LogP contribution < -0.4 is 9.47 Å². The molecule has 1 saturated carbocycles. The monoisotopic (exact) mass is 559 g/mol. The molecule has 9 heteroatoms. The Hall–Kier alpha value is -3.59. The van der Waals surface area contributed by atoms with Crippen molar-refractivity contribution < 1.29 is 37.7 Å². The van der Waals surface area contributed by atoms with Gasteiger partial charge in [-0.2, -0.15) is 13.2 Å². The summed E-state index contributed by atoms with van der Waals surface area (Å²) in [5, 5.41) is 16.7. The third-order valence-electron chi connectivity index (χ3n) is 6.71. The molecule has 1 unspecified atom stereocenters. The first-order valence-electron chi connectivity index (χ1n) is 13.3. The third-order valence-corrected chi connectivity index (χ3v) is 6.71. The van der Waals surface area contributed by atoms with Crippen molar-refractivity contribution in [3.05, 3.63) is 77.0 Å². The number of hydrogen-bond acceptors (Lipinski definition) is 5. The van der Waals surface area contributed by atoms with Gasteiger partial charge >= 0.3 is 6.18 Å². The molecule has 0 radical (unpaired) electrons. The van der Waals surface area contributed by atoms with E-state index in [2.05, 4.69) is 4.98 Å². The highest BCUT2D eigenvalue weighted by molar-refractivity contribution is 5.69. The Labute approximate surface area is 232 Å². The van der Waals surface area contributed by atoms with Crippen molar-refractivity contribution in [3.63, 3.8) is 0 Å². The second kappa shape index (κ2) is 13.2. The summed E-state index contributed by atoms with van der Waals surface area (Å²) in [5.74, 6) is 2.09. The minimum absolute atomic E-state index is 0.0732. The number of alkyl halides is 3. The van der Waals surface area contributed by atoms with Crippen LogP contribution in [-0.2, 0) is 24.0 Å². The lowest BCUT2D eigenvalue weighted by Crippen LogP contribution is -2.21. The van der Waals surface area contributed by atoms with E-state index in [1.54, 1.807) is 32.0 Å². The molecule has 1 fully saturated rings. The molecule has 0 amide bonds. The maximum atomic E-state index is 13.9. The number of pyridine rings is 1. The fourth-order valence-corrected chi connectivity index (χ4v) is 4.72. The third kappa shape index (κ3) is 8.21. The first kappa shape index (κ1) is 30.9. The van der Waals surface area contributed by atoms with Crippen LogP contribution in [0.2, 0.25) is 0 Å². The highest BCUT2D eigenvalue weighted by atomic mass is 19.4. The summed E-state index contributed by atoms with van der Waals surface area (Å²) in [4.78, 5) is 12.8. The molecule has 2 N–H and O–H groups in total. The Kier molecular flexibility index (Phi) is 10.2. The lowest BCUT2D eigenvalue weighted by atomic mass is 9.97. The van der Waals surface area contributed by atoms with Gasteiger partial charge in [0.15, 0.2) is 0 Å². The van der Waals surface area contributed by atoms with Gasteiger partial charge in [0, 0.05) is 18.7 Å². The van der Waals surface area contributed by atoms with Gasteiger partial charge in [0.1, 0.15) is 12.4 Å². The van der Waals surface area contributed by atoms with Crippen LogP contribution in [0.15, 0.2) is 54.7 Å². The number of fused-ring (bicyclic) bond motifs is 3. The van der Waals surface area contributed by atoms with E-state index in [1.807, 2.05) is 32.2 Å². The SMILES string of the molecule is CC.CC(C)(O)CCOc1ccc(-c2cccc(COc3cc4c(cn3)C3C[C@@H]3C4)c2)c(C(F)(F)F)c1.O=CO. The Morgan fingerprint density at radius 1 is 1.07 bits per heavy atom. The number of aromatic nitrogens is 1. The number of carboxylic acid groups (broad SMARTS) is 1. The van der Waals surface area contributed by atoms with Crippen molar-refractivity contribution in [2.24, 2.45) is 5.92 Å². The van der Waals surface area contributed by atoms with Crippen LogP contribution in [-0.4, -0.2) is 33.9 Å². The molecule has 40 heavy (non-hydrogen) atoms. The number of carbonyl (C=O) groups is 1. The van der Waals surface area contributed by atoms with Gasteiger partial charge in [-0.3, -0.25) is 4.79 Å². The molecule has 2 aliphatic rings. The highest BCUT2D eigenvalue weighted by Gasteiger charge is 2.45. The highest BCUT2D eigenvalue weighted by Crippen LogP contribution is 2.56. The number of benzene rings is 2. The molecular weight excluding hydrogens is 523 g/mol. The molecule has 0 bridgehead atoms. The van der Waals surface area contributed by atoms with E-state index in [1.165, 1.54) is 29.7 Å². The van der Waals surface area contributed by atoms with E-state index < -0.39 is 17.3 Å². The summed E-state index contributed by atoms with van der Waals surface area (Å²) < 4.78 is 53.1. The van der Waals surface area contributed by atoms with E-state index in [-0.39, 0.29) is 31.0 Å². The van der Waals surface area contributed by atoms with Crippen LogP contribution in [0.4, 0.5) is 13.2 Å². The Morgan fingerprint density at radius 3 is 2.48 bits per heavy atom. The number of rotatable bonds is 8. The molecule has 0 aliphatic heterocycles. The summed E-state index contributed by atoms with van der Waals surface area (Å²) in [6.07, 6.45) is -0.00793. The van der Waals surface area contributed by atoms with Gasteiger partial charge in [0.2, 0.25) is 5.88 Å². The molecule has 0 saturated heterocycles. The van der Waals surface area contributed by atoms with E-state index in [9.17, 15) is 18.3 Å². The number of aliphatic hydroxyl groups is 1. The van der Waals surface area contributed by atoms with Crippen LogP contribution in [0, 0.1) is 5.92 Å². The number of ether oxygens (including phenoxy) is 2. The molecule has 216 valence electrons. The molecule has 5 rings (SSSR count). The largest absolute Gasteiger partial charge is 0.493 e. The quantitative estimate of drug-likeness (QED) is 0.282. The zero-order valence-electron chi connectivity index (χ0n) is 23.2. The van der Waals surface area contributed by atoms with Crippen molar-refractivity contribution in [1.82, 2.24) is 4.98 Å². The van der Waals surface area contributed by atoms with Gasteiger partial charge in [-0.1, -0.05) is 38.1 Å². The van der Waals surface area contributed by atoms with Crippen LogP contribution in [0.25, 0.3) is 11.1 Å². The number of nitrogens with zero attached hydrogens (tertiary/aromatic N) is 1. The predicted molar refractivity (Wildman–Crippen MR) is 146 cm³/mol. The van der Waals surface area contributed by atoms with Crippen LogP contribution in [0.3, 0.4) is 0 Å².